The number of amides is 1. The highest BCUT2D eigenvalue weighted by molar-refractivity contribution is 5.93. The fraction of sp³-hybridized carbons (Fsp3) is 0.269. The van der Waals surface area contributed by atoms with Crippen molar-refractivity contribution >= 4 is 17.8 Å². The molecule has 2 aromatic carbocycles. The van der Waals surface area contributed by atoms with Gasteiger partial charge in [0.2, 0.25) is 5.91 Å². The molecule has 1 aliphatic heterocycles. The van der Waals surface area contributed by atoms with Gasteiger partial charge in [0.25, 0.3) is 0 Å². The van der Waals surface area contributed by atoms with Gasteiger partial charge in [-0.15, -0.1) is 0 Å². The van der Waals surface area contributed by atoms with E-state index in [0.717, 1.165) is 22.4 Å². The number of carbonyl (C=O) groups is 2. The summed E-state index contributed by atoms with van der Waals surface area (Å²) in [6, 6.07) is 19.9. The third-order valence-electron chi connectivity index (χ3n) is 5.46. The molecule has 1 amide bonds. The lowest BCUT2D eigenvalue weighted by Crippen LogP contribution is -2.48. The van der Waals surface area contributed by atoms with Crippen LogP contribution in [0.4, 0.5) is 0 Å². The molecule has 1 aliphatic rings. The highest BCUT2D eigenvalue weighted by Crippen LogP contribution is 2.24. The summed E-state index contributed by atoms with van der Waals surface area (Å²) in [5.74, 6) is -0.0646. The molecular formula is C26H27N3O3. The first-order valence-electron chi connectivity index (χ1n) is 10.8. The summed E-state index contributed by atoms with van der Waals surface area (Å²) in [7, 11) is 0. The van der Waals surface area contributed by atoms with Crippen molar-refractivity contribution in [1.82, 2.24) is 14.7 Å². The van der Waals surface area contributed by atoms with Crippen LogP contribution in [0.25, 0.3) is 17.3 Å². The van der Waals surface area contributed by atoms with Gasteiger partial charge in [-0.25, -0.2) is 0 Å². The number of carbonyl (C=O) groups excluding carboxylic acids is 2. The molecule has 1 unspecified atom stereocenters. The molecule has 164 valence electrons. The number of Topliss-reactive ketones (excluding diaryl/α,β-unsaturated/α-hetero) is 1. The maximum Gasteiger partial charge on any atom is 0.246 e. The van der Waals surface area contributed by atoms with Gasteiger partial charge in [0.15, 0.2) is 0 Å². The molecule has 0 N–H and O–H groups in total. The first-order valence-corrected chi connectivity index (χ1v) is 10.8. The molecule has 2 heterocycles. The van der Waals surface area contributed by atoms with Crippen LogP contribution >= 0.6 is 0 Å². The lowest BCUT2D eigenvalue weighted by Gasteiger charge is -2.34. The number of ketones is 1. The molecule has 4 rings (SSSR count). The van der Waals surface area contributed by atoms with Crippen molar-refractivity contribution in [3.8, 4) is 11.3 Å². The molecule has 6 nitrogen and oxygen atoms in total. The van der Waals surface area contributed by atoms with Gasteiger partial charge >= 0.3 is 0 Å². The van der Waals surface area contributed by atoms with Gasteiger partial charge in [-0.2, -0.15) is 5.10 Å². The van der Waals surface area contributed by atoms with Crippen LogP contribution in [0.15, 0.2) is 72.9 Å². The number of benzene rings is 2. The number of aromatic nitrogens is 2. The summed E-state index contributed by atoms with van der Waals surface area (Å²) in [6.07, 6.45) is 5.67. The second kappa shape index (κ2) is 10.2. The van der Waals surface area contributed by atoms with E-state index in [1.165, 1.54) is 0 Å². The lowest BCUT2D eigenvalue weighted by molar-refractivity contribution is -0.136. The van der Waals surface area contributed by atoms with Crippen LogP contribution in [0.5, 0.6) is 0 Å². The van der Waals surface area contributed by atoms with Crippen LogP contribution in [0.2, 0.25) is 0 Å². The fourth-order valence-corrected chi connectivity index (χ4v) is 3.93. The molecule has 1 fully saturated rings. The average molecular weight is 430 g/mol. The van der Waals surface area contributed by atoms with Crippen LogP contribution < -0.4 is 0 Å². The minimum atomic E-state index is -0.215. The van der Waals surface area contributed by atoms with Gasteiger partial charge in [-0.1, -0.05) is 60.7 Å². The Kier molecular flexibility index (Phi) is 6.92. The molecule has 1 saturated heterocycles. The molecule has 0 bridgehead atoms. The summed E-state index contributed by atoms with van der Waals surface area (Å²) in [5, 5.41) is 4.80. The van der Waals surface area contributed by atoms with Crippen molar-refractivity contribution < 1.29 is 14.3 Å². The minimum Gasteiger partial charge on any atom is -0.377 e. The molecule has 0 aliphatic carbocycles. The van der Waals surface area contributed by atoms with Gasteiger partial charge < -0.3 is 9.64 Å². The van der Waals surface area contributed by atoms with Crippen molar-refractivity contribution in [1.29, 1.82) is 0 Å². The molecule has 32 heavy (non-hydrogen) atoms. The van der Waals surface area contributed by atoms with Crippen LogP contribution in [0.3, 0.4) is 0 Å². The topological polar surface area (TPSA) is 64.4 Å². The Hall–Kier alpha value is -3.51. The third-order valence-corrected chi connectivity index (χ3v) is 5.46. The maximum atomic E-state index is 13.0. The van der Waals surface area contributed by atoms with Crippen molar-refractivity contribution in [3.05, 3.63) is 84.1 Å². The maximum absolute atomic E-state index is 13.0. The highest BCUT2D eigenvalue weighted by atomic mass is 16.5. The lowest BCUT2D eigenvalue weighted by atomic mass is 10.1. The zero-order valence-electron chi connectivity index (χ0n) is 18.2. The van der Waals surface area contributed by atoms with Crippen LogP contribution in [-0.4, -0.2) is 52.2 Å². The molecule has 0 radical (unpaired) electrons. The summed E-state index contributed by atoms with van der Waals surface area (Å²) < 4.78 is 7.38. The van der Waals surface area contributed by atoms with Crippen LogP contribution in [0.1, 0.15) is 24.5 Å². The predicted molar refractivity (Wildman–Crippen MR) is 124 cm³/mol. The van der Waals surface area contributed by atoms with E-state index < -0.39 is 0 Å². The zero-order valence-corrected chi connectivity index (χ0v) is 18.2. The summed E-state index contributed by atoms with van der Waals surface area (Å²) >= 11 is 0. The molecule has 0 spiro atoms. The number of morpholine rings is 1. The molecule has 1 aromatic heterocycles. The Morgan fingerprint density at radius 3 is 2.53 bits per heavy atom. The first kappa shape index (κ1) is 21.7. The number of rotatable bonds is 7. The van der Waals surface area contributed by atoms with Crippen molar-refractivity contribution in [2.24, 2.45) is 0 Å². The van der Waals surface area contributed by atoms with Gasteiger partial charge in [0.1, 0.15) is 5.78 Å². The number of ether oxygens (including phenoxy) is 1. The average Bonchev–Trinajstić information content (AvgIpc) is 3.21. The second-order valence-corrected chi connectivity index (χ2v) is 7.98. The summed E-state index contributed by atoms with van der Waals surface area (Å²) in [5.41, 5.74) is 3.85. The van der Waals surface area contributed by atoms with Crippen LogP contribution in [0, 0.1) is 0 Å². The summed E-state index contributed by atoms with van der Waals surface area (Å²) in [4.78, 5) is 26.3. The van der Waals surface area contributed by atoms with Gasteiger partial charge in [-0.05, 0) is 18.6 Å². The SMILES string of the molecule is CC(=O)CC1COCCN1C(=O)C=Cc1cn(Cc2ccccc2)nc1-c1ccccc1. The molecule has 3 aromatic rings. The van der Waals surface area contributed by atoms with Crippen LogP contribution in [-0.2, 0) is 20.9 Å². The van der Waals surface area contributed by atoms with E-state index in [4.69, 9.17) is 9.84 Å². The Morgan fingerprint density at radius 1 is 1.09 bits per heavy atom. The largest absolute Gasteiger partial charge is 0.377 e. The Balaban J connectivity index is 1.59. The van der Waals surface area contributed by atoms with E-state index in [9.17, 15) is 9.59 Å². The van der Waals surface area contributed by atoms with Crippen molar-refractivity contribution in [3.63, 3.8) is 0 Å². The fourth-order valence-electron chi connectivity index (χ4n) is 3.93. The normalized spacial score (nSPS) is 16.4. The highest BCUT2D eigenvalue weighted by Gasteiger charge is 2.27. The van der Waals surface area contributed by atoms with Gasteiger partial charge in [0.05, 0.1) is 31.5 Å². The molecule has 0 saturated carbocycles. The number of hydrogen-bond acceptors (Lipinski definition) is 4. The first-order chi connectivity index (χ1) is 15.6. The molecule has 6 heteroatoms. The van der Waals surface area contributed by atoms with Gasteiger partial charge in [-0.3, -0.25) is 14.3 Å². The molecular weight excluding hydrogens is 402 g/mol. The van der Waals surface area contributed by atoms with E-state index in [1.807, 2.05) is 65.5 Å². The van der Waals surface area contributed by atoms with Crippen molar-refractivity contribution in [2.75, 3.05) is 19.8 Å². The predicted octanol–water partition coefficient (Wildman–Crippen LogP) is 3.82. The van der Waals surface area contributed by atoms with Crippen molar-refractivity contribution in [2.45, 2.75) is 25.9 Å². The summed E-state index contributed by atoms with van der Waals surface area (Å²) in [6.45, 7) is 3.55. The number of hydrogen-bond donors (Lipinski definition) is 0. The van der Waals surface area contributed by atoms with E-state index in [2.05, 4.69) is 12.1 Å². The zero-order chi connectivity index (χ0) is 22.3. The quantitative estimate of drug-likeness (QED) is 0.536. The van der Waals surface area contributed by atoms with E-state index in [0.29, 0.717) is 32.7 Å². The monoisotopic (exact) mass is 429 g/mol. The second-order valence-electron chi connectivity index (χ2n) is 7.98. The Labute approximate surface area is 188 Å². The smallest absolute Gasteiger partial charge is 0.246 e. The van der Waals surface area contributed by atoms with E-state index in [1.54, 1.807) is 17.9 Å². The van der Waals surface area contributed by atoms with Gasteiger partial charge in [0, 0.05) is 36.4 Å². The van der Waals surface area contributed by atoms with E-state index in [-0.39, 0.29) is 17.7 Å². The minimum absolute atomic E-state index is 0.0517. The number of nitrogens with zero attached hydrogens (tertiary/aromatic N) is 3. The molecule has 1 atom stereocenters. The Morgan fingerprint density at radius 2 is 1.81 bits per heavy atom. The van der Waals surface area contributed by atoms with E-state index >= 15 is 0 Å². The standard InChI is InChI=1S/C26H27N3O3/c1-20(30)16-24-19-32-15-14-29(24)25(31)13-12-23-18-28(17-21-8-4-2-5-9-21)27-26(23)22-10-6-3-7-11-22/h2-13,18,24H,14-17,19H2,1H3. The Bertz CT molecular complexity index is 1090. The third kappa shape index (κ3) is 5.39.